The lowest BCUT2D eigenvalue weighted by atomic mass is 10.3. The first kappa shape index (κ1) is 13.9. The van der Waals surface area contributed by atoms with Crippen LogP contribution in [0.5, 0.6) is 0 Å². The highest BCUT2D eigenvalue weighted by Gasteiger charge is 2.17. The molecule has 0 radical (unpaired) electrons. The van der Waals surface area contributed by atoms with E-state index in [0.29, 0.717) is 27.7 Å². The molecule has 0 saturated carbocycles. The van der Waals surface area contributed by atoms with E-state index in [-0.39, 0.29) is 4.90 Å². The molecule has 7 heteroatoms. The van der Waals surface area contributed by atoms with E-state index in [2.05, 4.69) is 9.71 Å². The van der Waals surface area contributed by atoms with Gasteiger partial charge >= 0.3 is 0 Å². The van der Waals surface area contributed by atoms with Gasteiger partial charge < -0.3 is 4.42 Å². The maximum absolute atomic E-state index is 12.4. The number of halogens is 1. The summed E-state index contributed by atoms with van der Waals surface area (Å²) < 4.78 is 32.5. The van der Waals surface area contributed by atoms with Gasteiger partial charge in [-0.3, -0.25) is 4.72 Å². The van der Waals surface area contributed by atoms with Crippen molar-refractivity contribution < 1.29 is 12.8 Å². The summed E-state index contributed by atoms with van der Waals surface area (Å²) in [4.78, 5) is 4.23. The van der Waals surface area contributed by atoms with Crippen molar-refractivity contribution in [3.8, 4) is 0 Å². The van der Waals surface area contributed by atoms with E-state index < -0.39 is 10.0 Å². The summed E-state index contributed by atoms with van der Waals surface area (Å²) >= 11 is 5.96. The van der Waals surface area contributed by atoms with E-state index in [4.69, 9.17) is 16.0 Å². The number of hydrogen-bond donors (Lipinski definition) is 1. The van der Waals surface area contributed by atoms with Gasteiger partial charge in [0, 0.05) is 6.92 Å². The highest BCUT2D eigenvalue weighted by atomic mass is 35.5. The van der Waals surface area contributed by atoms with Gasteiger partial charge in [0.2, 0.25) is 0 Å². The molecule has 1 aromatic heterocycles. The van der Waals surface area contributed by atoms with Crippen LogP contribution in [0.3, 0.4) is 0 Å². The number of anilines is 1. The molecular formula is C14H11ClN2O3S. The number of nitrogens with zero attached hydrogens (tertiary/aromatic N) is 1. The Morgan fingerprint density at radius 1 is 1.19 bits per heavy atom. The maximum atomic E-state index is 12.4. The van der Waals surface area contributed by atoms with Crippen LogP contribution >= 0.6 is 11.6 Å². The van der Waals surface area contributed by atoms with Gasteiger partial charge in [0.15, 0.2) is 11.5 Å². The Labute approximate surface area is 126 Å². The lowest BCUT2D eigenvalue weighted by molar-refractivity contribution is 0.561. The van der Waals surface area contributed by atoms with Crippen LogP contribution in [0.4, 0.5) is 5.69 Å². The van der Waals surface area contributed by atoms with E-state index in [0.717, 1.165) is 0 Å². The molecule has 0 aliphatic heterocycles. The molecule has 21 heavy (non-hydrogen) atoms. The first-order chi connectivity index (χ1) is 9.95. The largest absolute Gasteiger partial charge is 0.441 e. The molecule has 1 heterocycles. The van der Waals surface area contributed by atoms with Crippen molar-refractivity contribution in [2.24, 2.45) is 0 Å². The first-order valence-corrected chi connectivity index (χ1v) is 7.96. The summed E-state index contributed by atoms with van der Waals surface area (Å²) in [5, 5.41) is 0.333. The van der Waals surface area contributed by atoms with Gasteiger partial charge in [0.05, 0.1) is 15.6 Å². The average molecular weight is 323 g/mol. The van der Waals surface area contributed by atoms with Crippen LogP contribution in [0.2, 0.25) is 5.02 Å². The van der Waals surface area contributed by atoms with Gasteiger partial charge in [-0.1, -0.05) is 23.7 Å². The molecule has 0 aliphatic rings. The standard InChI is InChI=1S/C14H11ClN2O3S/c1-9-16-13-8-10(6-7-14(13)20-9)21(18,19)17-12-5-3-2-4-11(12)15/h2-8,17H,1H3. The van der Waals surface area contributed by atoms with Gasteiger partial charge in [-0.2, -0.15) is 0 Å². The van der Waals surface area contributed by atoms with Crippen LogP contribution in [0.15, 0.2) is 51.8 Å². The van der Waals surface area contributed by atoms with Gasteiger partial charge in [-0.05, 0) is 30.3 Å². The second-order valence-corrected chi connectivity index (χ2v) is 6.54. The second kappa shape index (κ2) is 5.05. The van der Waals surface area contributed by atoms with Crippen LogP contribution < -0.4 is 4.72 Å². The molecule has 0 atom stereocenters. The fraction of sp³-hybridized carbons (Fsp3) is 0.0714. The first-order valence-electron chi connectivity index (χ1n) is 6.10. The lowest BCUT2D eigenvalue weighted by Crippen LogP contribution is -2.13. The predicted octanol–water partition coefficient (Wildman–Crippen LogP) is 3.59. The molecule has 5 nitrogen and oxygen atoms in total. The maximum Gasteiger partial charge on any atom is 0.262 e. The lowest BCUT2D eigenvalue weighted by Gasteiger charge is -2.09. The normalized spacial score (nSPS) is 11.7. The molecule has 0 aliphatic carbocycles. The molecule has 0 amide bonds. The molecule has 1 N–H and O–H groups in total. The Bertz CT molecular complexity index is 919. The van der Waals surface area contributed by atoms with Crippen molar-refractivity contribution in [1.82, 2.24) is 4.98 Å². The number of aromatic nitrogens is 1. The van der Waals surface area contributed by atoms with Gasteiger partial charge in [-0.25, -0.2) is 13.4 Å². The molecule has 2 aromatic carbocycles. The van der Waals surface area contributed by atoms with E-state index in [1.165, 1.54) is 12.1 Å². The molecule has 3 rings (SSSR count). The quantitative estimate of drug-likeness (QED) is 0.799. The highest BCUT2D eigenvalue weighted by Crippen LogP contribution is 2.25. The zero-order chi connectivity index (χ0) is 15.0. The number of oxazole rings is 1. The number of nitrogens with one attached hydrogen (secondary N) is 1. The van der Waals surface area contributed by atoms with Crippen LogP contribution in [-0.4, -0.2) is 13.4 Å². The van der Waals surface area contributed by atoms with Crippen molar-refractivity contribution in [3.63, 3.8) is 0 Å². The third-order valence-electron chi connectivity index (χ3n) is 2.89. The van der Waals surface area contributed by atoms with Crippen LogP contribution in [-0.2, 0) is 10.0 Å². The summed E-state index contributed by atoms with van der Waals surface area (Å²) in [6.07, 6.45) is 0. The summed E-state index contributed by atoms with van der Waals surface area (Å²) in [6.45, 7) is 1.70. The number of aryl methyl sites for hydroxylation is 1. The zero-order valence-corrected chi connectivity index (χ0v) is 12.6. The Balaban J connectivity index is 2.01. The summed E-state index contributed by atoms with van der Waals surface area (Å²) in [5.41, 5.74) is 1.37. The summed E-state index contributed by atoms with van der Waals surface area (Å²) in [5.74, 6) is 0.485. The number of hydrogen-bond acceptors (Lipinski definition) is 4. The smallest absolute Gasteiger partial charge is 0.262 e. The highest BCUT2D eigenvalue weighted by molar-refractivity contribution is 7.92. The van der Waals surface area contributed by atoms with Crippen LogP contribution in [0, 0.1) is 6.92 Å². The van der Waals surface area contributed by atoms with Crippen LogP contribution in [0.1, 0.15) is 5.89 Å². The molecular weight excluding hydrogens is 312 g/mol. The number of para-hydroxylation sites is 1. The van der Waals surface area contributed by atoms with Gasteiger partial charge in [0.1, 0.15) is 5.52 Å². The van der Waals surface area contributed by atoms with Crippen molar-refractivity contribution in [1.29, 1.82) is 0 Å². The third kappa shape index (κ3) is 2.72. The molecule has 0 bridgehead atoms. The van der Waals surface area contributed by atoms with E-state index in [1.807, 2.05) is 0 Å². The predicted molar refractivity (Wildman–Crippen MR) is 81.0 cm³/mol. The molecule has 0 spiro atoms. The Kier molecular flexibility index (Phi) is 3.35. The molecule has 108 valence electrons. The number of benzene rings is 2. The fourth-order valence-corrected chi connectivity index (χ4v) is 3.28. The minimum absolute atomic E-state index is 0.100. The van der Waals surface area contributed by atoms with Gasteiger partial charge in [0.25, 0.3) is 10.0 Å². The molecule has 0 fully saturated rings. The topological polar surface area (TPSA) is 72.2 Å². The Morgan fingerprint density at radius 3 is 2.71 bits per heavy atom. The molecule has 0 unspecified atom stereocenters. The van der Waals surface area contributed by atoms with E-state index >= 15 is 0 Å². The number of fused-ring (bicyclic) bond motifs is 1. The summed E-state index contributed by atoms with van der Waals surface area (Å²) in [7, 11) is -3.73. The summed E-state index contributed by atoms with van der Waals surface area (Å²) in [6, 6.07) is 11.1. The minimum Gasteiger partial charge on any atom is -0.441 e. The molecule has 0 saturated heterocycles. The van der Waals surface area contributed by atoms with Crippen molar-refractivity contribution in [3.05, 3.63) is 53.4 Å². The minimum atomic E-state index is -3.73. The Morgan fingerprint density at radius 2 is 1.95 bits per heavy atom. The van der Waals surface area contributed by atoms with Crippen molar-refractivity contribution in [2.75, 3.05) is 4.72 Å². The monoisotopic (exact) mass is 322 g/mol. The third-order valence-corrected chi connectivity index (χ3v) is 4.59. The van der Waals surface area contributed by atoms with Crippen molar-refractivity contribution >= 4 is 38.4 Å². The van der Waals surface area contributed by atoms with Gasteiger partial charge in [-0.15, -0.1) is 0 Å². The average Bonchev–Trinajstić information content (AvgIpc) is 2.80. The number of sulfonamides is 1. The van der Waals surface area contributed by atoms with E-state index in [9.17, 15) is 8.42 Å². The second-order valence-electron chi connectivity index (χ2n) is 4.45. The van der Waals surface area contributed by atoms with E-state index in [1.54, 1.807) is 37.3 Å². The SMILES string of the molecule is Cc1nc2cc(S(=O)(=O)Nc3ccccc3Cl)ccc2o1. The van der Waals surface area contributed by atoms with Crippen molar-refractivity contribution in [2.45, 2.75) is 11.8 Å². The Hall–Kier alpha value is -2.05. The van der Waals surface area contributed by atoms with Crippen LogP contribution in [0.25, 0.3) is 11.1 Å². The fourth-order valence-electron chi connectivity index (χ4n) is 1.94. The number of rotatable bonds is 3. The molecule has 3 aromatic rings. The zero-order valence-electron chi connectivity index (χ0n) is 11.0.